The van der Waals surface area contributed by atoms with E-state index >= 15 is 0 Å². The van der Waals surface area contributed by atoms with Crippen molar-refractivity contribution in [3.8, 4) is 0 Å². The van der Waals surface area contributed by atoms with Crippen molar-refractivity contribution in [2.75, 3.05) is 6.61 Å². The number of hydrogen-bond acceptors (Lipinski definition) is 10. The first-order chi connectivity index (χ1) is 17.8. The highest BCUT2D eigenvalue weighted by Gasteiger charge is 2.93. The number of rotatable bonds is 0. The lowest BCUT2D eigenvalue weighted by Gasteiger charge is -2.62. The molecule has 6 fully saturated rings. The Hall–Kier alpha value is -2.40. The largest absolute Gasteiger partial charge is 0.458 e. The second-order valence-corrected chi connectivity index (χ2v) is 13.2. The summed E-state index contributed by atoms with van der Waals surface area (Å²) in [6.45, 7) is 5.07. The van der Waals surface area contributed by atoms with Crippen LogP contribution >= 0.6 is 0 Å². The van der Waals surface area contributed by atoms with E-state index in [9.17, 15) is 29.4 Å². The second-order valence-electron chi connectivity index (χ2n) is 13.2. The van der Waals surface area contributed by atoms with Gasteiger partial charge in [0.2, 0.25) is 5.79 Å². The standard InChI is InChI=1S/C28H30O10/c1-23-10-18-25(3)28-19(23)20(31)27(38-28,35-11-16(23)21(32)36-18)15-5-4-12-8-13(29)9-17(30)24(12,2)14(15)6-7-26(28,34)22(33)37-25/h4-5,8,13-16,18-19,29,34H,6-7,9-11H2,1-3H3/t13-,14-,15+,16-,18+,19-,23+,24-,25-,26-,27+,28-/m0/s1. The molecule has 1 saturated carbocycles. The zero-order valence-corrected chi connectivity index (χ0v) is 21.4. The van der Waals surface area contributed by atoms with Crippen molar-refractivity contribution in [1.82, 2.24) is 0 Å². The van der Waals surface area contributed by atoms with Crippen LogP contribution in [-0.2, 0) is 38.1 Å². The lowest BCUT2D eigenvalue weighted by molar-refractivity contribution is -0.370. The number of carbonyl (C=O) groups excluding carboxylic acids is 4. The zero-order valence-electron chi connectivity index (χ0n) is 21.4. The maximum Gasteiger partial charge on any atom is 0.342 e. The first-order valence-corrected chi connectivity index (χ1v) is 13.5. The molecular weight excluding hydrogens is 496 g/mol. The molecule has 0 radical (unpaired) electrons. The van der Waals surface area contributed by atoms with Crippen molar-refractivity contribution >= 4 is 23.5 Å². The Kier molecular flexibility index (Phi) is 3.91. The van der Waals surface area contributed by atoms with Gasteiger partial charge in [0, 0.05) is 12.3 Å². The van der Waals surface area contributed by atoms with E-state index < -0.39 is 87.0 Å². The number of esters is 2. The van der Waals surface area contributed by atoms with Crippen molar-refractivity contribution in [2.24, 2.45) is 34.5 Å². The van der Waals surface area contributed by atoms with Crippen molar-refractivity contribution < 1.29 is 48.3 Å². The molecule has 5 saturated heterocycles. The van der Waals surface area contributed by atoms with Gasteiger partial charge >= 0.3 is 11.9 Å². The Morgan fingerprint density at radius 1 is 1.11 bits per heavy atom. The molecule has 38 heavy (non-hydrogen) atoms. The van der Waals surface area contributed by atoms with Gasteiger partial charge in [0.05, 0.1) is 30.0 Å². The number of aliphatic hydroxyl groups is 2. The van der Waals surface area contributed by atoms with Gasteiger partial charge in [-0.15, -0.1) is 0 Å². The summed E-state index contributed by atoms with van der Waals surface area (Å²) in [5.74, 6) is -7.21. The van der Waals surface area contributed by atoms with E-state index in [2.05, 4.69) is 0 Å². The highest BCUT2D eigenvalue weighted by molar-refractivity contribution is 6.00. The Morgan fingerprint density at radius 2 is 1.87 bits per heavy atom. The predicted molar refractivity (Wildman–Crippen MR) is 124 cm³/mol. The van der Waals surface area contributed by atoms with Crippen molar-refractivity contribution in [3.63, 3.8) is 0 Å². The van der Waals surface area contributed by atoms with Crippen LogP contribution in [0.1, 0.15) is 46.5 Å². The Bertz CT molecular complexity index is 1330. The van der Waals surface area contributed by atoms with Crippen LogP contribution in [0.4, 0.5) is 0 Å². The molecule has 0 aromatic rings. The third kappa shape index (κ3) is 2.03. The van der Waals surface area contributed by atoms with E-state index in [4.69, 9.17) is 18.9 Å². The summed E-state index contributed by atoms with van der Waals surface area (Å²) >= 11 is 0. The smallest absolute Gasteiger partial charge is 0.342 e. The zero-order chi connectivity index (χ0) is 26.8. The second kappa shape index (κ2) is 6.32. The monoisotopic (exact) mass is 526 g/mol. The predicted octanol–water partition coefficient (Wildman–Crippen LogP) is 0.528. The van der Waals surface area contributed by atoms with Gasteiger partial charge in [0.15, 0.2) is 22.6 Å². The molecule has 5 heterocycles. The van der Waals surface area contributed by atoms with E-state index in [1.54, 1.807) is 32.1 Å². The molecule has 0 aromatic carbocycles. The van der Waals surface area contributed by atoms with Crippen LogP contribution in [0.25, 0.3) is 0 Å². The number of hydrogen-bond donors (Lipinski definition) is 2. The minimum Gasteiger partial charge on any atom is -0.458 e. The van der Waals surface area contributed by atoms with Gasteiger partial charge in [-0.3, -0.25) is 14.4 Å². The van der Waals surface area contributed by atoms with E-state index in [1.165, 1.54) is 0 Å². The summed E-state index contributed by atoms with van der Waals surface area (Å²) in [7, 11) is 0. The minimum absolute atomic E-state index is 0.0790. The first kappa shape index (κ1) is 23.5. The highest BCUT2D eigenvalue weighted by Crippen LogP contribution is 2.74. The molecule has 5 aliphatic heterocycles. The third-order valence-electron chi connectivity index (χ3n) is 11.9. The summed E-state index contributed by atoms with van der Waals surface area (Å²) in [5.41, 5.74) is -7.17. The molecule has 10 nitrogen and oxygen atoms in total. The maximum absolute atomic E-state index is 14.8. The van der Waals surface area contributed by atoms with Crippen molar-refractivity contribution in [3.05, 3.63) is 23.8 Å². The molecule has 12 atom stereocenters. The van der Waals surface area contributed by atoms with Crippen LogP contribution in [0.15, 0.2) is 23.8 Å². The molecule has 8 rings (SSSR count). The minimum atomic E-state index is -2.23. The third-order valence-corrected chi connectivity index (χ3v) is 11.9. The van der Waals surface area contributed by atoms with E-state index in [-0.39, 0.29) is 38.1 Å². The fourth-order valence-corrected chi connectivity index (χ4v) is 9.89. The van der Waals surface area contributed by atoms with Gasteiger partial charge in [-0.2, -0.15) is 0 Å². The number of fused-ring (bicyclic) bond motifs is 5. The average molecular weight is 527 g/mol. The molecule has 8 aliphatic rings. The van der Waals surface area contributed by atoms with Crippen molar-refractivity contribution in [2.45, 2.75) is 81.3 Å². The van der Waals surface area contributed by atoms with Gasteiger partial charge in [0.1, 0.15) is 11.9 Å². The normalized spacial score (nSPS) is 59.2. The van der Waals surface area contributed by atoms with Crippen LogP contribution in [-0.4, -0.2) is 75.1 Å². The van der Waals surface area contributed by atoms with Crippen LogP contribution in [0.2, 0.25) is 0 Å². The van der Waals surface area contributed by atoms with Crippen LogP contribution in [0, 0.1) is 34.5 Å². The lowest BCUT2D eigenvalue weighted by Crippen LogP contribution is -2.79. The summed E-state index contributed by atoms with van der Waals surface area (Å²) in [6, 6.07) is 0. The molecule has 2 N–H and O–H groups in total. The van der Waals surface area contributed by atoms with Gasteiger partial charge in [-0.25, -0.2) is 4.79 Å². The summed E-state index contributed by atoms with van der Waals surface area (Å²) in [4.78, 5) is 55.4. The molecule has 2 spiro atoms. The number of ether oxygens (including phenoxy) is 4. The number of allylic oxidation sites excluding steroid dienone is 2. The molecule has 3 aliphatic carbocycles. The van der Waals surface area contributed by atoms with Gasteiger partial charge in [-0.05, 0) is 50.0 Å². The lowest BCUT2D eigenvalue weighted by atomic mass is 9.46. The fraction of sp³-hybridized carbons (Fsp3) is 0.714. The van der Waals surface area contributed by atoms with Gasteiger partial charge in [-0.1, -0.05) is 25.2 Å². The fourth-order valence-electron chi connectivity index (χ4n) is 9.89. The van der Waals surface area contributed by atoms with Crippen LogP contribution in [0.3, 0.4) is 0 Å². The van der Waals surface area contributed by atoms with Gasteiger partial charge < -0.3 is 29.2 Å². The van der Waals surface area contributed by atoms with E-state index in [1.807, 2.05) is 6.92 Å². The molecule has 202 valence electrons. The molecule has 0 aromatic heterocycles. The summed E-state index contributed by atoms with van der Waals surface area (Å²) in [5, 5.41) is 22.7. The van der Waals surface area contributed by atoms with E-state index in [0.717, 1.165) is 0 Å². The number of ketones is 2. The molecule has 0 amide bonds. The molecule has 5 bridgehead atoms. The van der Waals surface area contributed by atoms with Crippen LogP contribution < -0.4 is 0 Å². The van der Waals surface area contributed by atoms with Crippen molar-refractivity contribution in [1.29, 1.82) is 0 Å². The highest BCUT2D eigenvalue weighted by atomic mass is 16.8. The number of aliphatic hydroxyl groups excluding tert-OH is 1. The van der Waals surface area contributed by atoms with E-state index in [0.29, 0.717) is 5.57 Å². The number of Topliss-reactive ketones (excluding diaryl/α,β-unsaturated/α-hetero) is 2. The Balaban J connectivity index is 1.43. The molecular formula is C28H30O10. The van der Waals surface area contributed by atoms with Gasteiger partial charge in [0.25, 0.3) is 0 Å². The molecule has 0 unspecified atom stereocenters. The topological polar surface area (TPSA) is 146 Å². The summed E-state index contributed by atoms with van der Waals surface area (Å²) < 4.78 is 25.0. The first-order valence-electron chi connectivity index (χ1n) is 13.5. The average Bonchev–Trinajstić information content (AvgIpc) is 3.16. The Morgan fingerprint density at radius 3 is 2.63 bits per heavy atom. The maximum atomic E-state index is 14.8. The number of carbonyl (C=O) groups is 4. The Labute approximate surface area is 218 Å². The SMILES string of the molecule is C[C@]12C(=O)C[C@@H](O)C=C1C=C[C@@H]1[C@@H]2CC[C@]2(O)C(=O)O[C@@]3(C)[C@H]4C[C@]5(C)[C@@H](CO[C@@]16O[C@@]32[C@H]5C6=O)C(=O)O4. The molecule has 10 heteroatoms. The van der Waals surface area contributed by atoms with Crippen LogP contribution in [0.5, 0.6) is 0 Å². The quantitative estimate of drug-likeness (QED) is 0.429. The summed E-state index contributed by atoms with van der Waals surface area (Å²) in [6.07, 6.45) is 3.65.